The molecule has 1 atom stereocenters. The van der Waals surface area contributed by atoms with Crippen molar-refractivity contribution in [1.82, 2.24) is 4.90 Å². The van der Waals surface area contributed by atoms with Crippen LogP contribution >= 0.6 is 0 Å². The van der Waals surface area contributed by atoms with Crippen molar-refractivity contribution in [2.45, 2.75) is 57.9 Å². The van der Waals surface area contributed by atoms with Crippen LogP contribution in [0.4, 0.5) is 0 Å². The minimum atomic E-state index is -0.826. The summed E-state index contributed by atoms with van der Waals surface area (Å²) in [5.74, 6) is -0.0835. The lowest BCUT2D eigenvalue weighted by Crippen LogP contribution is -2.38. The van der Waals surface area contributed by atoms with Crippen LogP contribution < -0.4 is 4.74 Å². The van der Waals surface area contributed by atoms with E-state index in [0.717, 1.165) is 56.4 Å². The van der Waals surface area contributed by atoms with E-state index in [4.69, 9.17) is 9.84 Å². The van der Waals surface area contributed by atoms with E-state index in [1.54, 1.807) is 0 Å². The number of carbonyl (C=O) groups is 1. The number of hydrogen-bond acceptors (Lipinski definition) is 3. The first kappa shape index (κ1) is 25.6. The predicted molar refractivity (Wildman–Crippen MR) is 146 cm³/mol. The quantitative estimate of drug-likeness (QED) is 0.315. The Morgan fingerprint density at radius 2 is 1.81 bits per heavy atom. The Morgan fingerprint density at radius 3 is 2.61 bits per heavy atom. The average molecular weight is 484 g/mol. The molecule has 1 aliphatic carbocycles. The summed E-state index contributed by atoms with van der Waals surface area (Å²) < 4.78 is 5.93. The molecule has 1 unspecified atom stereocenters. The molecule has 0 saturated heterocycles. The van der Waals surface area contributed by atoms with E-state index in [-0.39, 0.29) is 6.42 Å². The fourth-order valence-electron chi connectivity index (χ4n) is 5.03. The number of allylic oxidation sites excluding steroid dienone is 5. The van der Waals surface area contributed by atoms with Crippen LogP contribution in [0.1, 0.15) is 50.2 Å². The van der Waals surface area contributed by atoms with Gasteiger partial charge in [0, 0.05) is 12.2 Å². The van der Waals surface area contributed by atoms with Gasteiger partial charge in [-0.1, -0.05) is 80.1 Å². The Hall–Kier alpha value is -3.53. The third kappa shape index (κ3) is 7.00. The summed E-state index contributed by atoms with van der Waals surface area (Å²) in [6, 6.07) is 18.5. The SMILES string of the molecule is CCCC1=CC(CCc2ccccc2)=C2C=CC=CC2N1CCCCOc1cccc(CC(=O)O)c1. The molecule has 0 aromatic heterocycles. The highest BCUT2D eigenvalue weighted by molar-refractivity contribution is 5.70. The van der Waals surface area contributed by atoms with Crippen molar-refractivity contribution < 1.29 is 14.6 Å². The highest BCUT2D eigenvalue weighted by atomic mass is 16.5. The summed E-state index contributed by atoms with van der Waals surface area (Å²) >= 11 is 0. The lowest BCUT2D eigenvalue weighted by atomic mass is 9.87. The summed E-state index contributed by atoms with van der Waals surface area (Å²) in [7, 11) is 0. The maximum Gasteiger partial charge on any atom is 0.307 e. The van der Waals surface area contributed by atoms with E-state index in [0.29, 0.717) is 12.6 Å². The predicted octanol–water partition coefficient (Wildman–Crippen LogP) is 6.90. The third-order valence-corrected chi connectivity index (χ3v) is 6.76. The smallest absolute Gasteiger partial charge is 0.307 e. The van der Waals surface area contributed by atoms with Crippen LogP contribution in [0.15, 0.2) is 102 Å². The first-order valence-corrected chi connectivity index (χ1v) is 13.2. The first-order chi connectivity index (χ1) is 17.6. The minimum absolute atomic E-state index is 0.0191. The first-order valence-electron chi connectivity index (χ1n) is 13.2. The Labute approximate surface area is 215 Å². The molecule has 2 aromatic carbocycles. The van der Waals surface area contributed by atoms with Crippen molar-refractivity contribution in [2.24, 2.45) is 0 Å². The molecule has 0 fully saturated rings. The number of hydrogen-bond donors (Lipinski definition) is 1. The number of rotatable bonds is 13. The zero-order chi connectivity index (χ0) is 25.2. The number of aryl methyl sites for hydroxylation is 1. The summed E-state index contributed by atoms with van der Waals surface area (Å²) in [5, 5.41) is 9.01. The van der Waals surface area contributed by atoms with Gasteiger partial charge in [0.25, 0.3) is 0 Å². The Kier molecular flexibility index (Phi) is 9.21. The topological polar surface area (TPSA) is 49.8 Å². The summed E-state index contributed by atoms with van der Waals surface area (Å²) in [4.78, 5) is 13.5. The van der Waals surface area contributed by atoms with Crippen LogP contribution in [0.5, 0.6) is 5.75 Å². The molecule has 2 aromatic rings. The van der Waals surface area contributed by atoms with E-state index in [1.807, 2.05) is 24.3 Å². The van der Waals surface area contributed by atoms with Crippen LogP contribution in [0.2, 0.25) is 0 Å². The molecule has 4 nitrogen and oxygen atoms in total. The minimum Gasteiger partial charge on any atom is -0.494 e. The van der Waals surface area contributed by atoms with Crippen molar-refractivity contribution >= 4 is 5.97 Å². The van der Waals surface area contributed by atoms with E-state index >= 15 is 0 Å². The van der Waals surface area contributed by atoms with E-state index in [9.17, 15) is 4.79 Å². The highest BCUT2D eigenvalue weighted by Gasteiger charge is 2.27. The molecule has 0 spiro atoms. The van der Waals surface area contributed by atoms with Crippen LogP contribution in [-0.2, 0) is 17.6 Å². The van der Waals surface area contributed by atoms with Gasteiger partial charge in [0.1, 0.15) is 5.75 Å². The summed E-state index contributed by atoms with van der Waals surface area (Å²) in [5.41, 5.74) is 6.49. The van der Waals surface area contributed by atoms with Crippen molar-refractivity contribution in [1.29, 1.82) is 0 Å². The molecule has 0 radical (unpaired) electrons. The van der Waals surface area contributed by atoms with Crippen LogP contribution in [0.25, 0.3) is 0 Å². The maximum absolute atomic E-state index is 11.0. The number of carboxylic acids is 1. The molecular formula is C32H37NO3. The molecule has 0 saturated carbocycles. The second-order valence-electron chi connectivity index (χ2n) is 9.51. The van der Waals surface area contributed by atoms with Gasteiger partial charge < -0.3 is 14.7 Å². The molecule has 0 amide bonds. The standard InChI is InChI=1S/C32H37NO3/c1-2-11-28-24-27(19-18-25-12-4-3-5-13-25)30-16-6-7-17-31(30)33(28)20-8-9-21-36-29-15-10-14-26(22-29)23-32(34)35/h3-7,10,12-17,22,24,31H,2,8-9,11,18-21,23H2,1H3,(H,34,35). The molecule has 4 heteroatoms. The normalized spacial score (nSPS) is 16.6. The number of ether oxygens (including phenoxy) is 1. The molecule has 1 N–H and O–H groups in total. The van der Waals surface area contributed by atoms with Gasteiger partial charge in [-0.15, -0.1) is 0 Å². The molecule has 1 aliphatic heterocycles. The van der Waals surface area contributed by atoms with Crippen molar-refractivity contribution in [2.75, 3.05) is 13.2 Å². The van der Waals surface area contributed by atoms with Gasteiger partial charge in [-0.25, -0.2) is 0 Å². The molecule has 2 aliphatic rings. The van der Waals surface area contributed by atoms with Gasteiger partial charge in [0.05, 0.1) is 19.1 Å². The number of unbranched alkanes of at least 4 members (excludes halogenated alkanes) is 1. The van der Waals surface area contributed by atoms with Crippen LogP contribution in [-0.4, -0.2) is 35.2 Å². The second kappa shape index (κ2) is 13.0. The van der Waals surface area contributed by atoms with Gasteiger partial charge in [-0.05, 0) is 72.6 Å². The number of benzene rings is 2. The van der Waals surface area contributed by atoms with Gasteiger partial charge >= 0.3 is 5.97 Å². The molecule has 188 valence electrons. The second-order valence-corrected chi connectivity index (χ2v) is 9.51. The molecular weight excluding hydrogens is 446 g/mol. The summed E-state index contributed by atoms with van der Waals surface area (Å²) in [6.45, 7) is 3.88. The number of fused-ring (bicyclic) bond motifs is 1. The van der Waals surface area contributed by atoms with E-state index in [2.05, 4.69) is 72.5 Å². The van der Waals surface area contributed by atoms with Crippen LogP contribution in [0, 0.1) is 0 Å². The van der Waals surface area contributed by atoms with Gasteiger partial charge in [-0.2, -0.15) is 0 Å². The Balaban J connectivity index is 1.35. The molecule has 36 heavy (non-hydrogen) atoms. The van der Waals surface area contributed by atoms with Crippen LogP contribution in [0.3, 0.4) is 0 Å². The fourth-order valence-corrected chi connectivity index (χ4v) is 5.03. The van der Waals surface area contributed by atoms with E-state index in [1.165, 1.54) is 22.4 Å². The Morgan fingerprint density at radius 1 is 0.972 bits per heavy atom. The van der Waals surface area contributed by atoms with E-state index < -0.39 is 5.97 Å². The van der Waals surface area contributed by atoms with Crippen molar-refractivity contribution in [3.63, 3.8) is 0 Å². The fraction of sp³-hybridized carbons (Fsp3) is 0.344. The molecule has 0 bridgehead atoms. The van der Waals surface area contributed by atoms with Gasteiger partial charge in [-0.3, -0.25) is 4.79 Å². The van der Waals surface area contributed by atoms with Crippen molar-refractivity contribution in [3.8, 4) is 5.75 Å². The monoisotopic (exact) mass is 483 g/mol. The average Bonchev–Trinajstić information content (AvgIpc) is 2.89. The number of aliphatic carboxylic acids is 1. The third-order valence-electron chi connectivity index (χ3n) is 6.76. The number of nitrogens with zero attached hydrogens (tertiary/aromatic N) is 1. The Bertz CT molecular complexity index is 1140. The van der Waals surface area contributed by atoms with Gasteiger partial charge in [0.2, 0.25) is 0 Å². The lowest BCUT2D eigenvalue weighted by molar-refractivity contribution is -0.136. The molecule has 1 heterocycles. The van der Waals surface area contributed by atoms with Gasteiger partial charge in [0.15, 0.2) is 0 Å². The summed E-state index contributed by atoms with van der Waals surface area (Å²) in [6.07, 6.45) is 17.8. The maximum atomic E-state index is 11.0. The zero-order valence-electron chi connectivity index (χ0n) is 21.2. The largest absolute Gasteiger partial charge is 0.494 e. The molecule has 4 rings (SSSR count). The highest BCUT2D eigenvalue weighted by Crippen LogP contribution is 2.34. The van der Waals surface area contributed by atoms with Crippen molar-refractivity contribution in [3.05, 3.63) is 113 Å². The zero-order valence-corrected chi connectivity index (χ0v) is 21.2. The number of carboxylic acid groups (broad SMARTS) is 1. The lowest BCUT2D eigenvalue weighted by Gasteiger charge is -2.40.